The molecule has 0 unspecified atom stereocenters. The Morgan fingerprint density at radius 3 is 2.26 bits per heavy atom. The lowest BCUT2D eigenvalue weighted by atomic mass is 10.1. The number of sulfonamides is 1. The molecule has 0 spiro atoms. The highest BCUT2D eigenvalue weighted by Crippen LogP contribution is 2.17. The fraction of sp³-hybridized carbons (Fsp3) is 0.571. The van der Waals surface area contributed by atoms with E-state index >= 15 is 0 Å². The van der Waals surface area contributed by atoms with Crippen LogP contribution in [0.15, 0.2) is 24.3 Å². The highest BCUT2D eigenvalue weighted by atomic mass is 32.2. The van der Waals surface area contributed by atoms with E-state index in [2.05, 4.69) is 12.2 Å². The fourth-order valence-corrected chi connectivity index (χ4v) is 3.90. The number of nitrogens with zero attached hydrogens (tertiary/aromatic N) is 1. The van der Waals surface area contributed by atoms with Crippen molar-refractivity contribution in [3.63, 3.8) is 0 Å². The zero-order valence-electron chi connectivity index (χ0n) is 11.4. The molecule has 0 amide bonds. The van der Waals surface area contributed by atoms with Crippen LogP contribution in [0.5, 0.6) is 0 Å². The van der Waals surface area contributed by atoms with Crippen LogP contribution in [-0.2, 0) is 22.3 Å². The molecule has 0 aromatic heterocycles. The predicted molar refractivity (Wildman–Crippen MR) is 77.3 cm³/mol. The lowest BCUT2D eigenvalue weighted by molar-refractivity contribution is 0.476. The van der Waals surface area contributed by atoms with Crippen molar-refractivity contribution < 1.29 is 8.42 Å². The maximum atomic E-state index is 12.2. The smallest absolute Gasteiger partial charge is 0.218 e. The van der Waals surface area contributed by atoms with Crippen molar-refractivity contribution in [2.45, 2.75) is 32.1 Å². The van der Waals surface area contributed by atoms with Crippen molar-refractivity contribution >= 4 is 10.0 Å². The van der Waals surface area contributed by atoms with Gasteiger partial charge >= 0.3 is 0 Å². The van der Waals surface area contributed by atoms with Gasteiger partial charge in [0.1, 0.15) is 0 Å². The largest absolute Gasteiger partial charge is 0.313 e. The van der Waals surface area contributed by atoms with Crippen molar-refractivity contribution in [1.29, 1.82) is 0 Å². The van der Waals surface area contributed by atoms with Crippen LogP contribution < -0.4 is 5.32 Å². The summed E-state index contributed by atoms with van der Waals surface area (Å²) < 4.78 is 26.0. The Morgan fingerprint density at radius 1 is 1.11 bits per heavy atom. The Labute approximate surface area is 115 Å². The van der Waals surface area contributed by atoms with E-state index in [0.717, 1.165) is 31.5 Å². The van der Waals surface area contributed by atoms with Crippen LogP contribution in [0, 0.1) is 0 Å². The molecule has 106 valence electrons. The predicted octanol–water partition coefficient (Wildman–Crippen LogP) is 1.72. The van der Waals surface area contributed by atoms with E-state index in [-0.39, 0.29) is 5.75 Å². The third-order valence-electron chi connectivity index (χ3n) is 3.41. The van der Waals surface area contributed by atoms with Crippen LogP contribution in [0.3, 0.4) is 0 Å². The first-order valence-corrected chi connectivity index (χ1v) is 8.49. The summed E-state index contributed by atoms with van der Waals surface area (Å²) in [7, 11) is -3.13. The van der Waals surface area contributed by atoms with Gasteiger partial charge in [0.15, 0.2) is 0 Å². The third-order valence-corrected chi connectivity index (χ3v) is 5.26. The lowest BCUT2D eigenvalue weighted by Crippen LogP contribution is -2.29. The molecule has 1 heterocycles. The molecule has 5 heteroatoms. The van der Waals surface area contributed by atoms with Gasteiger partial charge in [0.25, 0.3) is 0 Å². The van der Waals surface area contributed by atoms with Gasteiger partial charge in [-0.1, -0.05) is 31.2 Å². The second-order valence-corrected chi connectivity index (χ2v) is 6.93. The molecule has 0 bridgehead atoms. The van der Waals surface area contributed by atoms with Gasteiger partial charge in [-0.05, 0) is 30.5 Å². The van der Waals surface area contributed by atoms with E-state index in [1.807, 2.05) is 24.3 Å². The van der Waals surface area contributed by atoms with Gasteiger partial charge in [0.05, 0.1) is 5.75 Å². The average Bonchev–Trinajstić information content (AvgIpc) is 2.92. The number of benzene rings is 1. The Hall–Kier alpha value is -0.910. The van der Waals surface area contributed by atoms with Crippen LogP contribution in [0.4, 0.5) is 0 Å². The molecule has 1 saturated heterocycles. The zero-order chi connectivity index (χ0) is 13.7. The van der Waals surface area contributed by atoms with Crippen LogP contribution in [0.1, 0.15) is 30.9 Å². The normalized spacial score (nSPS) is 16.9. The Balaban J connectivity index is 1.98. The van der Waals surface area contributed by atoms with Crippen LogP contribution in [0.2, 0.25) is 0 Å². The minimum atomic E-state index is -3.13. The number of rotatable bonds is 6. The first-order chi connectivity index (χ1) is 9.12. The maximum Gasteiger partial charge on any atom is 0.218 e. The molecule has 1 aliphatic rings. The summed E-state index contributed by atoms with van der Waals surface area (Å²) in [5.74, 6) is 0.120. The van der Waals surface area contributed by atoms with E-state index in [1.165, 1.54) is 5.56 Å². The van der Waals surface area contributed by atoms with Gasteiger partial charge in [-0.15, -0.1) is 0 Å². The molecule has 0 radical (unpaired) electrons. The molecular formula is C14H22N2O2S. The van der Waals surface area contributed by atoms with Gasteiger partial charge in [-0.3, -0.25) is 0 Å². The van der Waals surface area contributed by atoms with Crippen LogP contribution in [-0.4, -0.2) is 32.4 Å². The lowest BCUT2D eigenvalue weighted by Gasteiger charge is -2.15. The summed E-state index contributed by atoms with van der Waals surface area (Å²) >= 11 is 0. The van der Waals surface area contributed by atoms with E-state index < -0.39 is 10.0 Å². The minimum absolute atomic E-state index is 0.120. The van der Waals surface area contributed by atoms with E-state index in [0.29, 0.717) is 13.1 Å². The summed E-state index contributed by atoms with van der Waals surface area (Å²) in [5.41, 5.74) is 2.05. The van der Waals surface area contributed by atoms with Gasteiger partial charge in [0.2, 0.25) is 10.0 Å². The SMILES string of the molecule is CCNCc1ccc(CS(=O)(=O)N2CCCC2)cc1. The molecule has 1 aromatic carbocycles. The fourth-order valence-electron chi connectivity index (χ4n) is 2.29. The van der Waals surface area contributed by atoms with Crippen molar-refractivity contribution in [2.24, 2.45) is 0 Å². The molecule has 1 aliphatic heterocycles. The summed E-state index contributed by atoms with van der Waals surface area (Å²) in [6, 6.07) is 7.83. The van der Waals surface area contributed by atoms with E-state index in [9.17, 15) is 8.42 Å². The topological polar surface area (TPSA) is 49.4 Å². The molecule has 0 aliphatic carbocycles. The molecule has 4 nitrogen and oxygen atoms in total. The second-order valence-electron chi connectivity index (χ2n) is 4.96. The molecule has 1 fully saturated rings. The molecule has 0 atom stereocenters. The summed E-state index contributed by atoms with van der Waals surface area (Å²) in [6.07, 6.45) is 1.97. The number of nitrogens with one attached hydrogen (secondary N) is 1. The molecule has 0 saturated carbocycles. The van der Waals surface area contributed by atoms with E-state index in [4.69, 9.17) is 0 Å². The van der Waals surface area contributed by atoms with Crippen molar-refractivity contribution in [3.05, 3.63) is 35.4 Å². The maximum absolute atomic E-state index is 12.2. The highest BCUT2D eigenvalue weighted by Gasteiger charge is 2.25. The van der Waals surface area contributed by atoms with Crippen LogP contribution in [0.25, 0.3) is 0 Å². The molecule has 1 N–H and O–H groups in total. The summed E-state index contributed by atoms with van der Waals surface area (Å²) in [4.78, 5) is 0. The van der Waals surface area contributed by atoms with Gasteiger partial charge in [-0.25, -0.2) is 12.7 Å². The zero-order valence-corrected chi connectivity index (χ0v) is 12.2. The highest BCUT2D eigenvalue weighted by molar-refractivity contribution is 7.88. The monoisotopic (exact) mass is 282 g/mol. The molecule has 2 rings (SSSR count). The van der Waals surface area contributed by atoms with Crippen molar-refractivity contribution in [2.75, 3.05) is 19.6 Å². The Kier molecular flexibility index (Phi) is 4.96. The summed E-state index contributed by atoms with van der Waals surface area (Å²) in [5, 5.41) is 3.25. The standard InChI is InChI=1S/C14H22N2O2S/c1-2-15-11-13-5-7-14(8-6-13)12-19(17,18)16-9-3-4-10-16/h5-8,15H,2-4,9-12H2,1H3. The Bertz CT molecular complexity index is 491. The van der Waals surface area contributed by atoms with Crippen molar-refractivity contribution in [1.82, 2.24) is 9.62 Å². The quantitative estimate of drug-likeness (QED) is 0.864. The average molecular weight is 282 g/mol. The van der Waals surface area contributed by atoms with Crippen LogP contribution >= 0.6 is 0 Å². The molecule has 19 heavy (non-hydrogen) atoms. The van der Waals surface area contributed by atoms with Gasteiger partial charge < -0.3 is 5.32 Å². The van der Waals surface area contributed by atoms with Gasteiger partial charge in [0, 0.05) is 19.6 Å². The number of hydrogen-bond acceptors (Lipinski definition) is 3. The minimum Gasteiger partial charge on any atom is -0.313 e. The molecular weight excluding hydrogens is 260 g/mol. The summed E-state index contributed by atoms with van der Waals surface area (Å²) in [6.45, 7) is 5.19. The van der Waals surface area contributed by atoms with Gasteiger partial charge in [-0.2, -0.15) is 0 Å². The first-order valence-electron chi connectivity index (χ1n) is 6.88. The molecule has 1 aromatic rings. The van der Waals surface area contributed by atoms with Crippen molar-refractivity contribution in [3.8, 4) is 0 Å². The second kappa shape index (κ2) is 6.50. The first kappa shape index (κ1) is 14.5. The number of hydrogen-bond donors (Lipinski definition) is 1. The van der Waals surface area contributed by atoms with E-state index in [1.54, 1.807) is 4.31 Å². The third kappa shape index (κ3) is 4.03. The Morgan fingerprint density at radius 2 is 1.68 bits per heavy atom.